The summed E-state index contributed by atoms with van der Waals surface area (Å²) < 4.78 is 2.46. The Hall–Kier alpha value is -7.42. The minimum Gasteiger partial charge on any atom is -0.310 e. The summed E-state index contributed by atoms with van der Waals surface area (Å²) >= 11 is 0. The van der Waals surface area contributed by atoms with Gasteiger partial charge in [-0.1, -0.05) is 158 Å². The van der Waals surface area contributed by atoms with E-state index in [0.717, 1.165) is 28.3 Å². The maximum absolute atomic E-state index is 2.46. The Kier molecular flexibility index (Phi) is 7.53. The van der Waals surface area contributed by atoms with Gasteiger partial charge in [0.05, 0.1) is 11.0 Å². The predicted molar refractivity (Wildman–Crippen MR) is 239 cm³/mol. The van der Waals surface area contributed by atoms with Crippen LogP contribution in [0.15, 0.2) is 218 Å². The van der Waals surface area contributed by atoms with Gasteiger partial charge in [0.1, 0.15) is 0 Å². The van der Waals surface area contributed by atoms with Crippen molar-refractivity contribution in [3.63, 3.8) is 0 Å². The first-order valence-corrected chi connectivity index (χ1v) is 19.2. The zero-order chi connectivity index (χ0) is 37.0. The van der Waals surface area contributed by atoms with Crippen LogP contribution in [0.5, 0.6) is 0 Å². The lowest BCUT2D eigenvalue weighted by molar-refractivity contribution is 1.18. The van der Waals surface area contributed by atoms with E-state index in [1.54, 1.807) is 0 Å². The summed E-state index contributed by atoms with van der Waals surface area (Å²) in [6.07, 6.45) is 0. The Balaban J connectivity index is 1.14. The molecule has 0 aliphatic carbocycles. The van der Waals surface area contributed by atoms with Crippen molar-refractivity contribution in [3.05, 3.63) is 218 Å². The van der Waals surface area contributed by atoms with Gasteiger partial charge in [-0.2, -0.15) is 0 Å². The number of aromatic nitrogens is 1. The third-order valence-corrected chi connectivity index (χ3v) is 11.3. The normalized spacial score (nSPS) is 11.6. The van der Waals surface area contributed by atoms with Gasteiger partial charge in [-0.05, 0) is 115 Å². The van der Waals surface area contributed by atoms with Gasteiger partial charge < -0.3 is 9.47 Å². The molecule has 0 radical (unpaired) electrons. The number of rotatable bonds is 6. The molecule has 0 fully saturated rings. The fraction of sp³-hybridized carbons (Fsp3) is 0. The molecule has 0 saturated carbocycles. The molecular formula is C54H36N2. The van der Waals surface area contributed by atoms with Crippen molar-refractivity contribution in [2.45, 2.75) is 0 Å². The van der Waals surface area contributed by atoms with Crippen LogP contribution in [0.2, 0.25) is 0 Å². The molecule has 0 aliphatic rings. The summed E-state index contributed by atoms with van der Waals surface area (Å²) in [4.78, 5) is 2.39. The van der Waals surface area contributed by atoms with E-state index < -0.39 is 0 Å². The number of fused-ring (bicyclic) bond motifs is 6. The van der Waals surface area contributed by atoms with Gasteiger partial charge in [-0.15, -0.1) is 0 Å². The first-order valence-electron chi connectivity index (χ1n) is 19.2. The lowest BCUT2D eigenvalue weighted by Crippen LogP contribution is -2.10. The highest BCUT2D eigenvalue weighted by atomic mass is 15.1. The number of benzene rings is 10. The van der Waals surface area contributed by atoms with Crippen molar-refractivity contribution < 1.29 is 0 Å². The molecule has 0 unspecified atom stereocenters. The molecule has 262 valence electrons. The predicted octanol–water partition coefficient (Wildman–Crippen LogP) is 15.0. The van der Waals surface area contributed by atoms with E-state index in [2.05, 4.69) is 228 Å². The summed E-state index contributed by atoms with van der Waals surface area (Å²) in [6.45, 7) is 0. The molecule has 0 saturated heterocycles. The Bertz CT molecular complexity index is 3250. The van der Waals surface area contributed by atoms with Crippen molar-refractivity contribution in [2.24, 2.45) is 0 Å². The average molecular weight is 713 g/mol. The van der Waals surface area contributed by atoms with Crippen molar-refractivity contribution in [1.82, 2.24) is 4.57 Å². The minimum atomic E-state index is 1.10. The SMILES string of the molecule is c1ccc(-c2ccc(N(c3ccc4ccccc4c3)c3ccc4c5ccc(-c6ccc7ccccc7c6)cc5n(-c5ccc6ccccc6c5)c4c3)cc2)cc1. The molecule has 0 bridgehead atoms. The molecule has 0 atom stereocenters. The van der Waals surface area contributed by atoms with Crippen LogP contribution in [0.25, 0.3) is 82.1 Å². The van der Waals surface area contributed by atoms with Crippen LogP contribution < -0.4 is 4.90 Å². The van der Waals surface area contributed by atoms with Crippen molar-refractivity contribution in [1.29, 1.82) is 0 Å². The van der Waals surface area contributed by atoms with E-state index in [1.165, 1.54) is 70.9 Å². The van der Waals surface area contributed by atoms with E-state index in [0.29, 0.717) is 0 Å². The van der Waals surface area contributed by atoms with E-state index in [-0.39, 0.29) is 0 Å². The van der Waals surface area contributed by atoms with Crippen LogP contribution in [-0.2, 0) is 0 Å². The largest absolute Gasteiger partial charge is 0.310 e. The Labute approximate surface area is 325 Å². The Morgan fingerprint density at radius 3 is 1.43 bits per heavy atom. The van der Waals surface area contributed by atoms with Gasteiger partial charge >= 0.3 is 0 Å². The van der Waals surface area contributed by atoms with Gasteiger partial charge in [0.25, 0.3) is 0 Å². The maximum Gasteiger partial charge on any atom is 0.0561 e. The number of nitrogens with zero attached hydrogens (tertiary/aromatic N) is 2. The number of hydrogen-bond acceptors (Lipinski definition) is 1. The molecule has 2 heteroatoms. The van der Waals surface area contributed by atoms with Gasteiger partial charge in [0.2, 0.25) is 0 Å². The molecule has 11 rings (SSSR count). The lowest BCUT2D eigenvalue weighted by atomic mass is 10.00. The van der Waals surface area contributed by atoms with Crippen molar-refractivity contribution in [2.75, 3.05) is 4.90 Å². The van der Waals surface area contributed by atoms with Crippen LogP contribution in [0.4, 0.5) is 17.1 Å². The highest BCUT2D eigenvalue weighted by Crippen LogP contribution is 2.42. The van der Waals surface area contributed by atoms with Gasteiger partial charge in [0, 0.05) is 33.5 Å². The second kappa shape index (κ2) is 13.2. The minimum absolute atomic E-state index is 1.10. The topological polar surface area (TPSA) is 8.17 Å². The number of hydrogen-bond donors (Lipinski definition) is 0. The summed E-state index contributed by atoms with van der Waals surface area (Å²) in [5.41, 5.74) is 11.6. The highest BCUT2D eigenvalue weighted by molar-refractivity contribution is 6.12. The lowest BCUT2D eigenvalue weighted by Gasteiger charge is -2.26. The number of anilines is 3. The fourth-order valence-electron chi connectivity index (χ4n) is 8.49. The maximum atomic E-state index is 2.46. The van der Waals surface area contributed by atoms with Crippen molar-refractivity contribution in [3.8, 4) is 27.9 Å². The van der Waals surface area contributed by atoms with E-state index in [9.17, 15) is 0 Å². The van der Waals surface area contributed by atoms with Crippen LogP contribution in [0.1, 0.15) is 0 Å². The smallest absolute Gasteiger partial charge is 0.0561 e. The molecule has 2 nitrogen and oxygen atoms in total. The van der Waals surface area contributed by atoms with Crippen LogP contribution in [0.3, 0.4) is 0 Å². The second-order valence-corrected chi connectivity index (χ2v) is 14.6. The Morgan fingerprint density at radius 2 is 0.714 bits per heavy atom. The molecule has 1 heterocycles. The van der Waals surface area contributed by atoms with Gasteiger partial charge in [-0.3, -0.25) is 0 Å². The first kappa shape index (κ1) is 32.0. The first-order chi connectivity index (χ1) is 27.7. The van der Waals surface area contributed by atoms with Crippen LogP contribution in [0, 0.1) is 0 Å². The summed E-state index contributed by atoms with van der Waals surface area (Å²) in [6, 6.07) is 79.7. The molecule has 0 spiro atoms. The quantitative estimate of drug-likeness (QED) is 0.167. The molecular weight excluding hydrogens is 677 g/mol. The molecule has 0 N–H and O–H groups in total. The summed E-state index contributed by atoms with van der Waals surface area (Å²) in [5.74, 6) is 0. The van der Waals surface area contributed by atoms with E-state index >= 15 is 0 Å². The van der Waals surface area contributed by atoms with E-state index in [1.807, 2.05) is 0 Å². The third kappa shape index (κ3) is 5.51. The van der Waals surface area contributed by atoms with Crippen molar-refractivity contribution >= 4 is 71.2 Å². The Morgan fingerprint density at radius 1 is 0.268 bits per heavy atom. The molecule has 0 aliphatic heterocycles. The van der Waals surface area contributed by atoms with Crippen LogP contribution >= 0.6 is 0 Å². The second-order valence-electron chi connectivity index (χ2n) is 14.6. The van der Waals surface area contributed by atoms with E-state index in [4.69, 9.17) is 0 Å². The third-order valence-electron chi connectivity index (χ3n) is 11.3. The van der Waals surface area contributed by atoms with Gasteiger partial charge in [-0.25, -0.2) is 0 Å². The molecule has 56 heavy (non-hydrogen) atoms. The summed E-state index contributed by atoms with van der Waals surface area (Å²) in [5, 5.41) is 9.84. The standard InChI is InChI=1S/C54H36N2/c1-2-10-37(11-3-1)41-20-25-47(26-21-41)55(48-27-22-39-13-5-8-16-43(39)33-48)50-29-31-52-51-30-24-46(45-19-18-38-12-4-7-15-42(38)32-45)35-53(51)56(54(52)36-50)49-28-23-40-14-6-9-17-44(40)34-49/h1-36H. The zero-order valence-electron chi connectivity index (χ0n) is 30.7. The zero-order valence-corrected chi connectivity index (χ0v) is 30.7. The molecule has 10 aromatic carbocycles. The van der Waals surface area contributed by atoms with Crippen LogP contribution in [-0.4, -0.2) is 4.57 Å². The average Bonchev–Trinajstić information content (AvgIpc) is 3.59. The fourth-order valence-corrected chi connectivity index (χ4v) is 8.49. The molecule has 1 aromatic heterocycles. The molecule has 0 amide bonds. The molecule has 11 aromatic rings. The monoisotopic (exact) mass is 712 g/mol. The summed E-state index contributed by atoms with van der Waals surface area (Å²) in [7, 11) is 0. The van der Waals surface area contributed by atoms with Gasteiger partial charge in [0.15, 0.2) is 0 Å². The highest BCUT2D eigenvalue weighted by Gasteiger charge is 2.19.